The van der Waals surface area contributed by atoms with Gasteiger partial charge in [-0.25, -0.2) is 13.2 Å². The maximum absolute atomic E-state index is 12.4. The number of ether oxygens (including phenoxy) is 1. The number of hydrogen-bond acceptors (Lipinski definition) is 7. The van der Waals surface area contributed by atoms with Crippen LogP contribution in [0.2, 0.25) is 0 Å². The van der Waals surface area contributed by atoms with Gasteiger partial charge in [-0.1, -0.05) is 12.5 Å². The summed E-state index contributed by atoms with van der Waals surface area (Å²) in [6.07, 6.45) is 2.38. The van der Waals surface area contributed by atoms with Crippen molar-refractivity contribution in [2.45, 2.75) is 31.4 Å². The first kappa shape index (κ1) is 17.8. The largest absolute Gasteiger partial charge is 0.456 e. The highest BCUT2D eigenvalue weighted by Crippen LogP contribution is 2.25. The van der Waals surface area contributed by atoms with E-state index in [0.29, 0.717) is 0 Å². The van der Waals surface area contributed by atoms with Gasteiger partial charge in [0.05, 0.1) is 28.0 Å². The average Bonchev–Trinajstić information content (AvgIpc) is 2.90. The Morgan fingerprint density at radius 1 is 1.20 bits per heavy atom. The van der Waals surface area contributed by atoms with Gasteiger partial charge in [0.25, 0.3) is 5.69 Å². The smallest absolute Gasteiger partial charge is 0.338 e. The second kappa shape index (κ2) is 7.09. The van der Waals surface area contributed by atoms with Crippen LogP contribution < -0.4 is 0 Å². The molecular formula is C16H20N2O6S. The Balaban J connectivity index is 1.76. The molecule has 0 bridgehead atoms. The molecule has 2 aliphatic rings. The second-order valence-electron chi connectivity index (χ2n) is 6.49. The fourth-order valence-electron chi connectivity index (χ4n) is 3.45. The summed E-state index contributed by atoms with van der Waals surface area (Å²) in [5.41, 5.74) is -0.156. The van der Waals surface area contributed by atoms with Gasteiger partial charge < -0.3 is 4.74 Å². The minimum atomic E-state index is -3.27. The summed E-state index contributed by atoms with van der Waals surface area (Å²) in [5, 5.41) is 10.8. The van der Waals surface area contributed by atoms with Crippen molar-refractivity contribution in [3.05, 3.63) is 39.9 Å². The third-order valence-corrected chi connectivity index (χ3v) is 6.37. The van der Waals surface area contributed by atoms with Crippen molar-refractivity contribution in [1.29, 1.82) is 0 Å². The lowest BCUT2D eigenvalue weighted by Crippen LogP contribution is -2.47. The fourth-order valence-corrected chi connectivity index (χ4v) is 5.32. The Hall–Kier alpha value is -2.00. The van der Waals surface area contributed by atoms with Crippen LogP contribution in [-0.2, 0) is 14.6 Å². The highest BCUT2D eigenvalue weighted by atomic mass is 32.2. The Morgan fingerprint density at radius 2 is 1.92 bits per heavy atom. The van der Waals surface area contributed by atoms with E-state index in [4.69, 9.17) is 4.74 Å². The maximum atomic E-state index is 12.4. The van der Waals surface area contributed by atoms with E-state index in [1.54, 1.807) is 0 Å². The lowest BCUT2D eigenvalue weighted by molar-refractivity contribution is -0.384. The van der Waals surface area contributed by atoms with Gasteiger partial charge in [-0.15, -0.1) is 0 Å². The molecule has 2 fully saturated rings. The molecule has 136 valence electrons. The molecule has 9 heteroatoms. The normalized spacial score (nSPS) is 26.2. The number of piperidine rings is 1. The Labute approximate surface area is 145 Å². The molecular weight excluding hydrogens is 348 g/mol. The van der Waals surface area contributed by atoms with Crippen molar-refractivity contribution in [2.75, 3.05) is 24.6 Å². The molecule has 0 saturated carbocycles. The summed E-state index contributed by atoms with van der Waals surface area (Å²) in [4.78, 5) is 24.7. The zero-order valence-electron chi connectivity index (χ0n) is 13.7. The molecule has 2 atom stereocenters. The van der Waals surface area contributed by atoms with Crippen molar-refractivity contribution in [1.82, 2.24) is 4.90 Å². The molecule has 2 aliphatic heterocycles. The molecule has 2 unspecified atom stereocenters. The molecule has 2 heterocycles. The first-order chi connectivity index (χ1) is 11.9. The summed E-state index contributed by atoms with van der Waals surface area (Å²) < 4.78 is 29.5. The molecule has 1 aromatic rings. The lowest BCUT2D eigenvalue weighted by Gasteiger charge is -2.34. The molecule has 3 rings (SSSR count). The summed E-state index contributed by atoms with van der Waals surface area (Å²) in [5.74, 6) is -0.942. The first-order valence-corrected chi connectivity index (χ1v) is 10.1. The van der Waals surface area contributed by atoms with Crippen LogP contribution in [-0.4, -0.2) is 61.0 Å². The summed E-state index contributed by atoms with van der Waals surface area (Å²) >= 11 is 0. The third-order valence-electron chi connectivity index (χ3n) is 4.68. The van der Waals surface area contributed by atoms with Crippen molar-refractivity contribution in [2.24, 2.45) is 0 Å². The number of nitro groups is 1. The Morgan fingerprint density at radius 3 is 2.60 bits per heavy atom. The number of hydrogen-bond donors (Lipinski definition) is 0. The highest BCUT2D eigenvalue weighted by molar-refractivity contribution is 7.91. The van der Waals surface area contributed by atoms with Gasteiger partial charge in [0, 0.05) is 12.1 Å². The minimum absolute atomic E-state index is 0.0140. The fraction of sp³-hybridized carbons (Fsp3) is 0.562. The van der Waals surface area contributed by atoms with Gasteiger partial charge in [-0.2, -0.15) is 0 Å². The predicted octanol–water partition coefficient (Wildman–Crippen LogP) is 1.40. The second-order valence-corrected chi connectivity index (χ2v) is 8.65. The van der Waals surface area contributed by atoms with Crippen LogP contribution in [0.1, 0.15) is 29.6 Å². The van der Waals surface area contributed by atoms with Crippen LogP contribution in [0.5, 0.6) is 0 Å². The van der Waals surface area contributed by atoms with Crippen molar-refractivity contribution in [3.8, 4) is 0 Å². The molecule has 0 aliphatic carbocycles. The molecule has 0 spiro atoms. The van der Waals surface area contributed by atoms with Crippen molar-refractivity contribution >= 4 is 21.5 Å². The zero-order valence-corrected chi connectivity index (χ0v) is 14.5. The molecule has 0 radical (unpaired) electrons. The lowest BCUT2D eigenvalue weighted by atomic mass is 10.1. The van der Waals surface area contributed by atoms with E-state index in [1.165, 1.54) is 18.2 Å². The number of sulfone groups is 1. The average molecular weight is 368 g/mol. The number of rotatable bonds is 4. The Kier molecular flexibility index (Phi) is 5.05. The summed E-state index contributed by atoms with van der Waals surface area (Å²) in [6, 6.07) is 4.92. The number of carbonyl (C=O) groups is 1. The van der Waals surface area contributed by atoms with Gasteiger partial charge in [0.2, 0.25) is 0 Å². The molecule has 0 aromatic heterocycles. The van der Waals surface area contributed by atoms with Gasteiger partial charge in [0.15, 0.2) is 9.84 Å². The first-order valence-electron chi connectivity index (χ1n) is 8.26. The molecule has 0 N–H and O–H groups in total. The van der Waals surface area contributed by atoms with E-state index in [0.717, 1.165) is 38.4 Å². The monoisotopic (exact) mass is 368 g/mol. The van der Waals surface area contributed by atoms with E-state index < -0.39 is 26.8 Å². The van der Waals surface area contributed by atoms with Gasteiger partial charge in [-0.05, 0) is 32.0 Å². The Bertz CT molecular complexity index is 773. The number of carbonyl (C=O) groups excluding carboxylic acids is 1. The SMILES string of the molecule is O=C(OC1CS(=O)(=O)CC1N1CCCCC1)c1cccc([N+](=O)[O-])c1. The van der Waals surface area contributed by atoms with Crippen LogP contribution >= 0.6 is 0 Å². The highest BCUT2D eigenvalue weighted by Gasteiger charge is 2.43. The number of likely N-dealkylation sites (tertiary alicyclic amines) is 1. The van der Waals surface area contributed by atoms with Crippen LogP contribution in [0.4, 0.5) is 5.69 Å². The van der Waals surface area contributed by atoms with E-state index in [-0.39, 0.29) is 28.8 Å². The molecule has 1 aromatic carbocycles. The molecule has 2 saturated heterocycles. The predicted molar refractivity (Wildman–Crippen MR) is 90.2 cm³/mol. The summed E-state index contributed by atoms with van der Waals surface area (Å²) in [7, 11) is -3.27. The van der Waals surface area contributed by atoms with E-state index in [2.05, 4.69) is 4.90 Å². The molecule has 25 heavy (non-hydrogen) atoms. The third kappa shape index (κ3) is 4.16. The minimum Gasteiger partial charge on any atom is -0.456 e. The number of non-ortho nitro benzene ring substituents is 1. The quantitative estimate of drug-likeness (QED) is 0.449. The van der Waals surface area contributed by atoms with Gasteiger partial charge in [-0.3, -0.25) is 15.0 Å². The van der Waals surface area contributed by atoms with E-state index in [1.807, 2.05) is 0 Å². The van der Waals surface area contributed by atoms with Crippen LogP contribution in [0.3, 0.4) is 0 Å². The summed E-state index contributed by atoms with van der Waals surface area (Å²) in [6.45, 7) is 1.59. The topological polar surface area (TPSA) is 107 Å². The van der Waals surface area contributed by atoms with Crippen molar-refractivity contribution in [3.63, 3.8) is 0 Å². The molecule has 8 nitrogen and oxygen atoms in total. The van der Waals surface area contributed by atoms with Crippen LogP contribution in [0, 0.1) is 10.1 Å². The number of benzene rings is 1. The van der Waals surface area contributed by atoms with E-state index >= 15 is 0 Å². The van der Waals surface area contributed by atoms with Gasteiger partial charge in [0.1, 0.15) is 6.10 Å². The van der Waals surface area contributed by atoms with Crippen LogP contribution in [0.25, 0.3) is 0 Å². The maximum Gasteiger partial charge on any atom is 0.338 e. The number of nitrogens with zero attached hydrogens (tertiary/aromatic N) is 2. The standard InChI is InChI=1S/C16H20N2O6S/c19-16(12-5-4-6-13(9-12)18(20)21)24-15-11-25(22,23)10-14(15)17-7-2-1-3-8-17/h4-6,9,14-15H,1-3,7-8,10-11H2. The zero-order chi connectivity index (χ0) is 18.0. The van der Waals surface area contributed by atoms with Crippen molar-refractivity contribution < 1.29 is 22.9 Å². The van der Waals surface area contributed by atoms with Crippen LogP contribution in [0.15, 0.2) is 24.3 Å². The van der Waals surface area contributed by atoms with E-state index in [9.17, 15) is 23.3 Å². The molecule has 0 amide bonds. The van der Waals surface area contributed by atoms with Gasteiger partial charge >= 0.3 is 5.97 Å². The number of esters is 1. The number of nitro benzene ring substituents is 1.